The number of benzene rings is 2. The molecule has 0 aliphatic rings. The number of fused-ring (bicyclic) bond motifs is 1. The number of hydrogen-bond acceptors (Lipinski definition) is 1. The molecule has 0 N–H and O–H groups in total. The number of hydrogen-bond donors (Lipinski definition) is 0. The molecular formula is C17H16BrClN2. The van der Waals surface area contributed by atoms with Gasteiger partial charge in [0.2, 0.25) is 0 Å². The molecule has 3 rings (SSSR count). The van der Waals surface area contributed by atoms with Crippen LogP contribution in [0.25, 0.3) is 10.9 Å². The number of aromatic nitrogens is 2. The van der Waals surface area contributed by atoms with Crippen molar-refractivity contribution in [1.29, 1.82) is 0 Å². The molecule has 0 aliphatic carbocycles. The molecule has 108 valence electrons. The zero-order valence-electron chi connectivity index (χ0n) is 11.8. The van der Waals surface area contributed by atoms with Gasteiger partial charge in [0, 0.05) is 28.7 Å². The zero-order chi connectivity index (χ0) is 14.8. The molecule has 1 unspecified atom stereocenters. The standard InChI is InChI=1S/C17H16BrClN2/c1-21-17-9-5-3-7-14(17)16(20-21)10-12(11-18)13-6-2-4-8-15(13)19/h2-9,12H,10-11H2,1H3. The topological polar surface area (TPSA) is 17.8 Å². The lowest BCUT2D eigenvalue weighted by Gasteiger charge is -2.15. The Balaban J connectivity index is 1.99. The van der Waals surface area contributed by atoms with Crippen LogP contribution in [0.3, 0.4) is 0 Å². The third-order valence-electron chi connectivity index (χ3n) is 3.81. The molecule has 0 aliphatic heterocycles. The number of alkyl halides is 1. The van der Waals surface area contributed by atoms with Crippen LogP contribution in [-0.2, 0) is 13.5 Å². The number of halogens is 2. The first-order valence-electron chi connectivity index (χ1n) is 6.91. The molecule has 4 heteroatoms. The molecule has 0 saturated carbocycles. The van der Waals surface area contributed by atoms with E-state index in [1.807, 2.05) is 36.0 Å². The molecule has 21 heavy (non-hydrogen) atoms. The Kier molecular flexibility index (Phi) is 4.32. The Morgan fingerprint density at radius 2 is 1.86 bits per heavy atom. The Hall–Kier alpha value is -1.32. The lowest BCUT2D eigenvalue weighted by molar-refractivity contribution is 0.712. The van der Waals surface area contributed by atoms with Crippen LogP contribution < -0.4 is 0 Å². The fraction of sp³-hybridized carbons (Fsp3) is 0.235. The summed E-state index contributed by atoms with van der Waals surface area (Å²) in [5, 5.41) is 7.59. The average Bonchev–Trinajstić information content (AvgIpc) is 2.82. The highest BCUT2D eigenvalue weighted by molar-refractivity contribution is 9.09. The molecule has 0 saturated heterocycles. The summed E-state index contributed by atoms with van der Waals surface area (Å²) in [7, 11) is 1.99. The van der Waals surface area contributed by atoms with Crippen molar-refractivity contribution in [2.24, 2.45) is 7.05 Å². The Morgan fingerprint density at radius 1 is 1.14 bits per heavy atom. The van der Waals surface area contributed by atoms with Gasteiger partial charge in [-0.05, 0) is 24.1 Å². The lowest BCUT2D eigenvalue weighted by Crippen LogP contribution is -2.06. The van der Waals surface area contributed by atoms with E-state index in [0.29, 0.717) is 5.92 Å². The Labute approximate surface area is 137 Å². The van der Waals surface area contributed by atoms with Gasteiger partial charge in [-0.3, -0.25) is 4.68 Å². The molecule has 1 aromatic heterocycles. The highest BCUT2D eigenvalue weighted by Gasteiger charge is 2.17. The second kappa shape index (κ2) is 6.20. The van der Waals surface area contributed by atoms with E-state index in [0.717, 1.165) is 22.5 Å². The highest BCUT2D eigenvalue weighted by Crippen LogP contribution is 2.30. The minimum atomic E-state index is 0.317. The van der Waals surface area contributed by atoms with E-state index in [-0.39, 0.29) is 0 Å². The van der Waals surface area contributed by atoms with Gasteiger partial charge in [0.05, 0.1) is 11.2 Å². The van der Waals surface area contributed by atoms with E-state index in [2.05, 4.69) is 45.3 Å². The molecule has 2 aromatic carbocycles. The minimum Gasteiger partial charge on any atom is -0.268 e. The number of nitrogens with zero attached hydrogens (tertiary/aromatic N) is 2. The summed E-state index contributed by atoms with van der Waals surface area (Å²) < 4.78 is 1.95. The molecule has 1 atom stereocenters. The molecule has 0 spiro atoms. The van der Waals surface area contributed by atoms with Gasteiger partial charge in [0.1, 0.15) is 0 Å². The van der Waals surface area contributed by atoms with Crippen molar-refractivity contribution < 1.29 is 0 Å². The summed E-state index contributed by atoms with van der Waals surface area (Å²) in [6.07, 6.45) is 0.871. The third kappa shape index (κ3) is 2.85. The summed E-state index contributed by atoms with van der Waals surface area (Å²) in [6, 6.07) is 16.4. The van der Waals surface area contributed by atoms with Crippen LogP contribution in [0.5, 0.6) is 0 Å². The highest BCUT2D eigenvalue weighted by atomic mass is 79.9. The molecule has 0 fully saturated rings. The Bertz CT molecular complexity index is 766. The summed E-state index contributed by atoms with van der Waals surface area (Å²) in [6.45, 7) is 0. The lowest BCUT2D eigenvalue weighted by atomic mass is 9.95. The predicted octanol–water partition coefficient (Wildman–Crippen LogP) is 4.95. The van der Waals surface area contributed by atoms with Gasteiger partial charge >= 0.3 is 0 Å². The number of para-hydroxylation sites is 1. The van der Waals surface area contributed by atoms with Gasteiger partial charge in [0.25, 0.3) is 0 Å². The van der Waals surface area contributed by atoms with Crippen LogP contribution in [0.15, 0.2) is 48.5 Å². The number of aryl methyl sites for hydroxylation is 1. The first kappa shape index (κ1) is 14.6. The van der Waals surface area contributed by atoms with Gasteiger partial charge in [-0.15, -0.1) is 0 Å². The van der Waals surface area contributed by atoms with E-state index in [9.17, 15) is 0 Å². The van der Waals surface area contributed by atoms with Crippen LogP contribution in [0.2, 0.25) is 5.02 Å². The molecule has 2 nitrogen and oxygen atoms in total. The quantitative estimate of drug-likeness (QED) is 0.600. The maximum atomic E-state index is 6.34. The van der Waals surface area contributed by atoms with Crippen LogP contribution >= 0.6 is 27.5 Å². The van der Waals surface area contributed by atoms with E-state index in [1.54, 1.807) is 0 Å². The largest absolute Gasteiger partial charge is 0.268 e. The summed E-state index contributed by atoms with van der Waals surface area (Å²) in [4.78, 5) is 0. The fourth-order valence-electron chi connectivity index (χ4n) is 2.73. The smallest absolute Gasteiger partial charge is 0.0709 e. The van der Waals surface area contributed by atoms with Crippen LogP contribution in [0.1, 0.15) is 17.2 Å². The van der Waals surface area contributed by atoms with E-state index < -0.39 is 0 Å². The monoisotopic (exact) mass is 362 g/mol. The predicted molar refractivity (Wildman–Crippen MR) is 92.4 cm³/mol. The Morgan fingerprint density at radius 3 is 2.62 bits per heavy atom. The molecular weight excluding hydrogens is 348 g/mol. The second-order valence-electron chi connectivity index (χ2n) is 5.16. The van der Waals surface area contributed by atoms with E-state index in [1.165, 1.54) is 16.5 Å². The van der Waals surface area contributed by atoms with Crippen LogP contribution in [0, 0.1) is 0 Å². The molecule has 1 heterocycles. The van der Waals surface area contributed by atoms with Gasteiger partial charge in [-0.1, -0.05) is 63.9 Å². The van der Waals surface area contributed by atoms with Gasteiger partial charge in [-0.2, -0.15) is 5.10 Å². The van der Waals surface area contributed by atoms with Crippen molar-refractivity contribution in [3.63, 3.8) is 0 Å². The molecule has 0 radical (unpaired) electrons. The van der Waals surface area contributed by atoms with E-state index >= 15 is 0 Å². The van der Waals surface area contributed by atoms with E-state index in [4.69, 9.17) is 11.6 Å². The maximum Gasteiger partial charge on any atom is 0.0709 e. The molecule has 0 amide bonds. The summed E-state index contributed by atoms with van der Waals surface area (Å²) in [5.74, 6) is 0.317. The van der Waals surface area contributed by atoms with Crippen molar-refractivity contribution >= 4 is 38.4 Å². The maximum absolute atomic E-state index is 6.34. The van der Waals surface area contributed by atoms with Gasteiger partial charge < -0.3 is 0 Å². The first-order valence-corrected chi connectivity index (χ1v) is 8.41. The summed E-state index contributed by atoms with van der Waals surface area (Å²) >= 11 is 9.96. The SMILES string of the molecule is Cn1nc(CC(CBr)c2ccccc2Cl)c2ccccc21. The minimum absolute atomic E-state index is 0.317. The normalized spacial score (nSPS) is 12.7. The van der Waals surface area contributed by atoms with Gasteiger partial charge in [-0.25, -0.2) is 0 Å². The fourth-order valence-corrected chi connectivity index (χ4v) is 3.59. The third-order valence-corrected chi connectivity index (χ3v) is 4.93. The molecule has 0 bridgehead atoms. The van der Waals surface area contributed by atoms with Crippen molar-refractivity contribution in [2.45, 2.75) is 12.3 Å². The number of rotatable bonds is 4. The first-order chi connectivity index (χ1) is 10.2. The van der Waals surface area contributed by atoms with Crippen LogP contribution in [0.4, 0.5) is 0 Å². The van der Waals surface area contributed by atoms with Crippen molar-refractivity contribution in [3.05, 3.63) is 64.8 Å². The molecule has 3 aromatic rings. The summed E-state index contributed by atoms with van der Waals surface area (Å²) in [5.41, 5.74) is 3.46. The average molecular weight is 364 g/mol. The van der Waals surface area contributed by atoms with Crippen molar-refractivity contribution in [3.8, 4) is 0 Å². The van der Waals surface area contributed by atoms with Crippen LogP contribution in [-0.4, -0.2) is 15.1 Å². The van der Waals surface area contributed by atoms with Crippen molar-refractivity contribution in [1.82, 2.24) is 9.78 Å². The van der Waals surface area contributed by atoms with Gasteiger partial charge in [0.15, 0.2) is 0 Å². The second-order valence-corrected chi connectivity index (χ2v) is 6.22. The van der Waals surface area contributed by atoms with Crippen molar-refractivity contribution in [2.75, 3.05) is 5.33 Å². The zero-order valence-corrected chi connectivity index (χ0v) is 14.1.